The molecule has 146 valence electrons. The quantitative estimate of drug-likeness (QED) is 0.868. The van der Waals surface area contributed by atoms with Crippen LogP contribution in [0.3, 0.4) is 0 Å². The molecule has 4 rings (SSSR count). The topological polar surface area (TPSA) is 61.9 Å². The summed E-state index contributed by atoms with van der Waals surface area (Å²) in [7, 11) is 1.68. The SMILES string of the molecule is COc1ccccc1N1CCN(C(=O)c2ccc(NC(=O)C3CC3)cc2)CC1. The summed E-state index contributed by atoms with van der Waals surface area (Å²) in [6.45, 7) is 2.86. The number of benzene rings is 2. The summed E-state index contributed by atoms with van der Waals surface area (Å²) in [6.07, 6.45) is 1.95. The molecule has 2 aromatic carbocycles. The van der Waals surface area contributed by atoms with Crippen LogP contribution in [0, 0.1) is 5.92 Å². The van der Waals surface area contributed by atoms with Crippen molar-refractivity contribution >= 4 is 23.2 Å². The molecule has 1 saturated carbocycles. The van der Waals surface area contributed by atoms with E-state index in [0.29, 0.717) is 18.7 Å². The largest absolute Gasteiger partial charge is 0.495 e. The number of methoxy groups -OCH3 is 1. The molecule has 0 atom stereocenters. The molecule has 1 aliphatic carbocycles. The van der Waals surface area contributed by atoms with Crippen molar-refractivity contribution in [1.82, 2.24) is 4.90 Å². The van der Waals surface area contributed by atoms with Crippen LogP contribution in [-0.2, 0) is 4.79 Å². The van der Waals surface area contributed by atoms with Crippen LogP contribution in [0.2, 0.25) is 0 Å². The fourth-order valence-electron chi connectivity index (χ4n) is 3.51. The lowest BCUT2D eigenvalue weighted by molar-refractivity contribution is -0.117. The maximum absolute atomic E-state index is 12.8. The Kier molecular flexibility index (Phi) is 5.19. The highest BCUT2D eigenvalue weighted by Gasteiger charge is 2.29. The number of hydrogen-bond acceptors (Lipinski definition) is 4. The number of rotatable bonds is 5. The zero-order chi connectivity index (χ0) is 19.5. The Labute approximate surface area is 165 Å². The molecule has 1 saturated heterocycles. The molecule has 0 spiro atoms. The predicted molar refractivity (Wildman–Crippen MR) is 109 cm³/mol. The lowest BCUT2D eigenvalue weighted by Crippen LogP contribution is -2.48. The molecule has 1 N–H and O–H groups in total. The van der Waals surface area contributed by atoms with E-state index in [1.807, 2.05) is 29.2 Å². The van der Waals surface area contributed by atoms with Crippen molar-refractivity contribution in [3.8, 4) is 5.75 Å². The highest BCUT2D eigenvalue weighted by molar-refractivity contribution is 5.97. The van der Waals surface area contributed by atoms with Crippen molar-refractivity contribution < 1.29 is 14.3 Å². The van der Waals surface area contributed by atoms with Gasteiger partial charge in [0, 0.05) is 43.3 Å². The van der Waals surface area contributed by atoms with Crippen LogP contribution in [0.25, 0.3) is 0 Å². The summed E-state index contributed by atoms with van der Waals surface area (Å²) < 4.78 is 5.45. The smallest absolute Gasteiger partial charge is 0.253 e. The van der Waals surface area contributed by atoms with Gasteiger partial charge in [0.05, 0.1) is 12.8 Å². The maximum Gasteiger partial charge on any atom is 0.253 e. The van der Waals surface area contributed by atoms with E-state index in [0.717, 1.165) is 43.1 Å². The van der Waals surface area contributed by atoms with Gasteiger partial charge in [0.25, 0.3) is 5.91 Å². The fraction of sp³-hybridized carbons (Fsp3) is 0.364. The lowest BCUT2D eigenvalue weighted by Gasteiger charge is -2.36. The molecule has 2 fully saturated rings. The Morgan fingerprint density at radius 1 is 0.964 bits per heavy atom. The van der Waals surface area contributed by atoms with Crippen LogP contribution in [0.1, 0.15) is 23.2 Å². The molecule has 0 bridgehead atoms. The van der Waals surface area contributed by atoms with E-state index in [4.69, 9.17) is 4.74 Å². The fourth-order valence-corrected chi connectivity index (χ4v) is 3.51. The number of amides is 2. The normalized spacial score (nSPS) is 16.6. The summed E-state index contributed by atoms with van der Waals surface area (Å²) >= 11 is 0. The van der Waals surface area contributed by atoms with Crippen molar-refractivity contribution in [2.24, 2.45) is 5.92 Å². The number of carbonyl (C=O) groups is 2. The van der Waals surface area contributed by atoms with Crippen LogP contribution in [-0.4, -0.2) is 50.0 Å². The number of ether oxygens (including phenoxy) is 1. The second-order valence-electron chi connectivity index (χ2n) is 7.29. The summed E-state index contributed by atoms with van der Waals surface area (Å²) in [5.41, 5.74) is 2.46. The molecule has 0 radical (unpaired) electrons. The zero-order valence-corrected chi connectivity index (χ0v) is 16.1. The Bertz CT molecular complexity index is 854. The van der Waals surface area contributed by atoms with E-state index in [9.17, 15) is 9.59 Å². The Morgan fingerprint density at radius 2 is 1.64 bits per heavy atom. The molecule has 2 aliphatic rings. The van der Waals surface area contributed by atoms with Gasteiger partial charge in [-0.25, -0.2) is 0 Å². The number of piperazine rings is 1. The van der Waals surface area contributed by atoms with Crippen LogP contribution in [0.4, 0.5) is 11.4 Å². The molecule has 6 nitrogen and oxygen atoms in total. The van der Waals surface area contributed by atoms with Crippen LogP contribution < -0.4 is 15.0 Å². The van der Waals surface area contributed by atoms with Gasteiger partial charge in [0.1, 0.15) is 5.75 Å². The van der Waals surface area contributed by atoms with Gasteiger partial charge in [-0.15, -0.1) is 0 Å². The molecule has 1 aliphatic heterocycles. The minimum atomic E-state index is 0.0275. The second kappa shape index (κ2) is 7.92. The molecular formula is C22H25N3O3. The van der Waals surface area contributed by atoms with Crippen LogP contribution in [0.15, 0.2) is 48.5 Å². The van der Waals surface area contributed by atoms with Gasteiger partial charge in [0.15, 0.2) is 0 Å². The van der Waals surface area contributed by atoms with E-state index in [2.05, 4.69) is 10.2 Å². The zero-order valence-electron chi connectivity index (χ0n) is 16.1. The summed E-state index contributed by atoms with van der Waals surface area (Å²) in [5, 5.41) is 2.90. The number of carbonyl (C=O) groups excluding carboxylic acids is 2. The van der Waals surface area contributed by atoms with Crippen LogP contribution in [0.5, 0.6) is 5.75 Å². The first-order valence-electron chi connectivity index (χ1n) is 9.74. The van der Waals surface area contributed by atoms with Crippen LogP contribution >= 0.6 is 0 Å². The monoisotopic (exact) mass is 379 g/mol. The van der Waals surface area contributed by atoms with Gasteiger partial charge in [0.2, 0.25) is 5.91 Å². The summed E-state index contributed by atoms with van der Waals surface area (Å²) in [4.78, 5) is 28.8. The van der Waals surface area contributed by atoms with Crippen molar-refractivity contribution in [2.45, 2.75) is 12.8 Å². The first kappa shape index (κ1) is 18.3. The summed E-state index contributed by atoms with van der Waals surface area (Å²) in [6, 6.07) is 15.1. The van der Waals surface area contributed by atoms with E-state index in [-0.39, 0.29) is 17.7 Å². The van der Waals surface area contributed by atoms with Gasteiger partial charge in [-0.1, -0.05) is 12.1 Å². The predicted octanol–water partition coefficient (Wildman–Crippen LogP) is 3.01. The maximum atomic E-state index is 12.8. The number of nitrogens with one attached hydrogen (secondary N) is 1. The summed E-state index contributed by atoms with van der Waals surface area (Å²) in [5.74, 6) is 1.12. The third-order valence-electron chi connectivity index (χ3n) is 5.34. The molecule has 2 amide bonds. The molecule has 0 unspecified atom stereocenters. The molecule has 6 heteroatoms. The minimum Gasteiger partial charge on any atom is -0.495 e. The van der Waals surface area contributed by atoms with Gasteiger partial charge in [-0.3, -0.25) is 9.59 Å². The van der Waals surface area contributed by atoms with Gasteiger partial charge >= 0.3 is 0 Å². The standard InChI is InChI=1S/C22H25N3O3/c1-28-20-5-3-2-4-19(20)24-12-14-25(15-13-24)22(27)17-8-10-18(11-9-17)23-21(26)16-6-7-16/h2-5,8-11,16H,6-7,12-15H2,1H3,(H,23,26). The van der Waals surface area contributed by atoms with E-state index < -0.39 is 0 Å². The highest BCUT2D eigenvalue weighted by atomic mass is 16.5. The number of hydrogen-bond donors (Lipinski definition) is 1. The minimum absolute atomic E-state index is 0.0275. The molecule has 28 heavy (non-hydrogen) atoms. The lowest BCUT2D eigenvalue weighted by atomic mass is 10.1. The average Bonchev–Trinajstić information content (AvgIpc) is 3.59. The first-order chi connectivity index (χ1) is 13.7. The van der Waals surface area contributed by atoms with Gasteiger partial charge in [-0.05, 0) is 49.2 Å². The number of para-hydroxylation sites is 2. The molecule has 1 heterocycles. The first-order valence-corrected chi connectivity index (χ1v) is 9.74. The average molecular weight is 379 g/mol. The Balaban J connectivity index is 1.35. The van der Waals surface area contributed by atoms with Gasteiger partial charge < -0.3 is 19.9 Å². The molecular weight excluding hydrogens is 354 g/mol. The van der Waals surface area contributed by atoms with E-state index in [1.54, 1.807) is 31.4 Å². The van der Waals surface area contributed by atoms with E-state index >= 15 is 0 Å². The number of nitrogens with zero attached hydrogens (tertiary/aromatic N) is 2. The third kappa shape index (κ3) is 3.96. The number of anilines is 2. The van der Waals surface area contributed by atoms with Crippen molar-refractivity contribution in [1.29, 1.82) is 0 Å². The van der Waals surface area contributed by atoms with Crippen molar-refractivity contribution in [3.63, 3.8) is 0 Å². The second-order valence-corrected chi connectivity index (χ2v) is 7.29. The molecule has 2 aromatic rings. The van der Waals surface area contributed by atoms with Gasteiger partial charge in [-0.2, -0.15) is 0 Å². The Hall–Kier alpha value is -3.02. The van der Waals surface area contributed by atoms with Crippen molar-refractivity contribution in [3.05, 3.63) is 54.1 Å². The van der Waals surface area contributed by atoms with Crippen molar-refractivity contribution in [2.75, 3.05) is 43.5 Å². The Morgan fingerprint density at radius 3 is 2.29 bits per heavy atom. The molecule has 0 aromatic heterocycles. The third-order valence-corrected chi connectivity index (χ3v) is 5.34. The van der Waals surface area contributed by atoms with E-state index in [1.165, 1.54) is 0 Å². The highest BCUT2D eigenvalue weighted by Crippen LogP contribution is 2.30.